The van der Waals surface area contributed by atoms with Crippen molar-refractivity contribution in [1.82, 2.24) is 0 Å². The van der Waals surface area contributed by atoms with Gasteiger partial charge in [0.05, 0.1) is 0 Å². The van der Waals surface area contributed by atoms with E-state index in [0.29, 0.717) is 11.8 Å². The van der Waals surface area contributed by atoms with Gasteiger partial charge in [-0.25, -0.2) is 0 Å². The summed E-state index contributed by atoms with van der Waals surface area (Å²) in [5.74, 6) is 0.916. The topological polar surface area (TPSA) is 40.5 Å². The summed E-state index contributed by atoms with van der Waals surface area (Å²) < 4.78 is 0. The van der Waals surface area contributed by atoms with E-state index < -0.39 is 12.2 Å². The molecule has 2 N–H and O–H groups in total. The van der Waals surface area contributed by atoms with E-state index in [1.165, 1.54) is 11.1 Å². The first-order valence-corrected chi connectivity index (χ1v) is 7.96. The normalized spacial score (nSPS) is 14.4. The fourth-order valence-corrected chi connectivity index (χ4v) is 2.52. The van der Waals surface area contributed by atoms with Crippen molar-refractivity contribution < 1.29 is 10.2 Å². The minimum Gasteiger partial charge on any atom is -0.385 e. The molecule has 0 heterocycles. The van der Waals surface area contributed by atoms with E-state index in [9.17, 15) is 10.2 Å². The van der Waals surface area contributed by atoms with Crippen LogP contribution in [-0.4, -0.2) is 10.2 Å². The molecule has 2 rings (SSSR count). The maximum absolute atomic E-state index is 10.4. The Morgan fingerprint density at radius 1 is 0.500 bits per heavy atom. The van der Waals surface area contributed by atoms with Crippen LogP contribution in [0.15, 0.2) is 48.5 Å². The van der Waals surface area contributed by atoms with Gasteiger partial charge in [0.25, 0.3) is 0 Å². The van der Waals surface area contributed by atoms with Crippen molar-refractivity contribution in [2.75, 3.05) is 0 Å². The standard InChI is InChI=1S/C20H26O2/c1-13(2)15-5-9-17(10-6-15)19(21)20(22)18-11-7-16(8-12-18)14(3)4/h5-14,19-22H,1-4H3/t19-,20+. The Hall–Kier alpha value is -1.64. The van der Waals surface area contributed by atoms with Crippen molar-refractivity contribution in [3.05, 3.63) is 70.8 Å². The predicted molar refractivity (Wildman–Crippen MR) is 91.0 cm³/mol. The fourth-order valence-electron chi connectivity index (χ4n) is 2.52. The molecule has 2 aromatic rings. The summed E-state index contributed by atoms with van der Waals surface area (Å²) in [6, 6.07) is 15.6. The molecule has 2 atom stereocenters. The van der Waals surface area contributed by atoms with Gasteiger partial charge in [-0.05, 0) is 34.1 Å². The SMILES string of the molecule is CC(C)c1ccc([C@@H](O)[C@@H](O)c2ccc(C(C)C)cc2)cc1. The Morgan fingerprint density at radius 3 is 0.955 bits per heavy atom. The monoisotopic (exact) mass is 298 g/mol. The third-order valence-corrected chi connectivity index (χ3v) is 4.19. The van der Waals surface area contributed by atoms with Crippen molar-refractivity contribution in [2.24, 2.45) is 0 Å². The van der Waals surface area contributed by atoms with Crippen LogP contribution in [0.5, 0.6) is 0 Å². The summed E-state index contributed by atoms with van der Waals surface area (Å²) in [4.78, 5) is 0. The Balaban J connectivity index is 2.15. The lowest BCUT2D eigenvalue weighted by molar-refractivity contribution is 0.0172. The van der Waals surface area contributed by atoms with Crippen molar-refractivity contribution >= 4 is 0 Å². The van der Waals surface area contributed by atoms with Gasteiger partial charge in [0.1, 0.15) is 12.2 Å². The van der Waals surface area contributed by atoms with Crippen LogP contribution in [0.3, 0.4) is 0 Å². The zero-order valence-electron chi connectivity index (χ0n) is 13.8. The third kappa shape index (κ3) is 3.76. The lowest BCUT2D eigenvalue weighted by atomic mass is 9.94. The van der Waals surface area contributed by atoms with Crippen LogP contribution < -0.4 is 0 Å². The predicted octanol–water partition coefficient (Wildman–Crippen LogP) is 4.70. The Kier molecular flexibility index (Phi) is 5.38. The van der Waals surface area contributed by atoms with Crippen molar-refractivity contribution in [3.63, 3.8) is 0 Å². The van der Waals surface area contributed by atoms with Crippen molar-refractivity contribution in [2.45, 2.75) is 51.7 Å². The molecule has 0 saturated heterocycles. The first-order chi connectivity index (χ1) is 10.4. The second kappa shape index (κ2) is 7.08. The number of benzene rings is 2. The zero-order valence-corrected chi connectivity index (χ0v) is 13.8. The van der Waals surface area contributed by atoms with E-state index in [1.54, 1.807) is 0 Å². The highest BCUT2D eigenvalue weighted by Crippen LogP contribution is 2.30. The Morgan fingerprint density at radius 2 is 0.727 bits per heavy atom. The maximum Gasteiger partial charge on any atom is 0.109 e. The summed E-state index contributed by atoms with van der Waals surface area (Å²) in [6.45, 7) is 8.54. The minimum atomic E-state index is -0.911. The average Bonchev–Trinajstić information content (AvgIpc) is 2.53. The molecular formula is C20H26O2. The molecule has 0 radical (unpaired) electrons. The average molecular weight is 298 g/mol. The maximum atomic E-state index is 10.4. The van der Waals surface area contributed by atoms with E-state index in [-0.39, 0.29) is 0 Å². The van der Waals surface area contributed by atoms with E-state index >= 15 is 0 Å². The minimum absolute atomic E-state index is 0.458. The van der Waals surface area contributed by atoms with Crippen LogP contribution >= 0.6 is 0 Å². The van der Waals surface area contributed by atoms with Crippen molar-refractivity contribution in [3.8, 4) is 0 Å². The number of hydrogen-bond acceptors (Lipinski definition) is 2. The number of aliphatic hydroxyl groups is 2. The summed E-state index contributed by atoms with van der Waals surface area (Å²) in [5.41, 5.74) is 3.94. The fraction of sp³-hybridized carbons (Fsp3) is 0.400. The molecule has 2 aromatic carbocycles. The molecule has 0 saturated carbocycles. The summed E-state index contributed by atoms with van der Waals surface area (Å²) in [6.07, 6.45) is -1.82. The van der Waals surface area contributed by atoms with E-state index in [2.05, 4.69) is 27.7 Å². The van der Waals surface area contributed by atoms with E-state index in [1.807, 2.05) is 48.5 Å². The molecule has 0 unspecified atom stereocenters. The van der Waals surface area contributed by atoms with Gasteiger partial charge >= 0.3 is 0 Å². The molecule has 22 heavy (non-hydrogen) atoms. The first kappa shape index (κ1) is 16.7. The molecule has 0 fully saturated rings. The molecule has 118 valence electrons. The van der Waals surface area contributed by atoms with Crippen LogP contribution in [0, 0.1) is 0 Å². The van der Waals surface area contributed by atoms with Gasteiger partial charge in [-0.3, -0.25) is 0 Å². The lowest BCUT2D eigenvalue weighted by Crippen LogP contribution is -2.10. The quantitative estimate of drug-likeness (QED) is 0.840. The van der Waals surface area contributed by atoms with Gasteiger partial charge in [-0.2, -0.15) is 0 Å². The Bertz CT molecular complexity index is 527. The highest BCUT2D eigenvalue weighted by atomic mass is 16.3. The number of rotatable bonds is 5. The summed E-state index contributed by atoms with van der Waals surface area (Å²) >= 11 is 0. The summed E-state index contributed by atoms with van der Waals surface area (Å²) in [7, 11) is 0. The molecule has 0 aromatic heterocycles. The largest absolute Gasteiger partial charge is 0.385 e. The van der Waals surface area contributed by atoms with E-state index in [4.69, 9.17) is 0 Å². The second-order valence-electron chi connectivity index (χ2n) is 6.53. The highest BCUT2D eigenvalue weighted by Gasteiger charge is 2.20. The molecule has 0 bridgehead atoms. The Labute approximate surface area is 133 Å². The van der Waals surface area contributed by atoms with Crippen LogP contribution in [-0.2, 0) is 0 Å². The zero-order chi connectivity index (χ0) is 16.3. The van der Waals surface area contributed by atoms with Gasteiger partial charge in [0, 0.05) is 0 Å². The number of aliphatic hydroxyl groups excluding tert-OH is 2. The van der Waals surface area contributed by atoms with Gasteiger partial charge < -0.3 is 10.2 Å². The van der Waals surface area contributed by atoms with Crippen LogP contribution in [0.4, 0.5) is 0 Å². The second-order valence-corrected chi connectivity index (χ2v) is 6.53. The van der Waals surface area contributed by atoms with Gasteiger partial charge in [-0.1, -0.05) is 76.2 Å². The van der Waals surface area contributed by atoms with Gasteiger partial charge in [0.15, 0.2) is 0 Å². The molecular weight excluding hydrogens is 272 g/mol. The van der Waals surface area contributed by atoms with E-state index in [0.717, 1.165) is 11.1 Å². The highest BCUT2D eigenvalue weighted by molar-refractivity contribution is 5.31. The molecule has 0 aliphatic carbocycles. The van der Waals surface area contributed by atoms with Crippen LogP contribution in [0.25, 0.3) is 0 Å². The molecule has 0 spiro atoms. The first-order valence-electron chi connectivity index (χ1n) is 7.96. The third-order valence-electron chi connectivity index (χ3n) is 4.19. The summed E-state index contributed by atoms with van der Waals surface area (Å²) in [5, 5.41) is 20.8. The van der Waals surface area contributed by atoms with Gasteiger partial charge in [-0.15, -0.1) is 0 Å². The van der Waals surface area contributed by atoms with Crippen molar-refractivity contribution in [1.29, 1.82) is 0 Å². The molecule has 2 heteroatoms. The smallest absolute Gasteiger partial charge is 0.109 e. The number of hydrogen-bond donors (Lipinski definition) is 2. The molecule has 0 aliphatic rings. The lowest BCUT2D eigenvalue weighted by Gasteiger charge is -2.20. The molecule has 0 aliphatic heterocycles. The molecule has 0 amide bonds. The van der Waals surface area contributed by atoms with Crippen LogP contribution in [0.1, 0.15) is 74.0 Å². The van der Waals surface area contributed by atoms with Gasteiger partial charge in [0.2, 0.25) is 0 Å². The van der Waals surface area contributed by atoms with Crippen LogP contribution in [0.2, 0.25) is 0 Å². The molecule has 2 nitrogen and oxygen atoms in total.